The summed E-state index contributed by atoms with van der Waals surface area (Å²) >= 11 is 0. The van der Waals surface area contributed by atoms with Gasteiger partial charge in [-0.2, -0.15) is 0 Å². The molecule has 3 aromatic heterocycles. The third-order valence-electron chi connectivity index (χ3n) is 10.1. The Morgan fingerprint density at radius 2 is 1.32 bits per heavy atom. The van der Waals surface area contributed by atoms with Crippen molar-refractivity contribution in [3.05, 3.63) is 139 Å². The third kappa shape index (κ3) is 5.21. The molecular formula is C44H34N4O2. The van der Waals surface area contributed by atoms with Gasteiger partial charge in [0.2, 0.25) is 0 Å². The molecular weight excluding hydrogens is 617 g/mol. The van der Waals surface area contributed by atoms with Crippen molar-refractivity contribution < 1.29 is 9.90 Å². The molecule has 1 aliphatic rings. The molecule has 3 heterocycles. The number of pyridine rings is 2. The second kappa shape index (κ2) is 12.4. The first-order chi connectivity index (χ1) is 24.6. The fourth-order valence-corrected chi connectivity index (χ4v) is 7.74. The topological polar surface area (TPSA) is 80.9 Å². The fraction of sp³-hybridized carbons (Fsp3) is 0.136. The minimum Gasteiger partial charge on any atom is -0.478 e. The van der Waals surface area contributed by atoms with Gasteiger partial charge in [0.25, 0.3) is 0 Å². The summed E-state index contributed by atoms with van der Waals surface area (Å²) in [7, 11) is 0. The molecule has 1 saturated carbocycles. The van der Waals surface area contributed by atoms with Crippen molar-refractivity contribution in [3.8, 4) is 44.9 Å². The number of fused-ring (bicyclic) bond motifs is 3. The highest BCUT2D eigenvalue weighted by Gasteiger charge is 2.29. The van der Waals surface area contributed by atoms with Crippen molar-refractivity contribution in [2.24, 2.45) is 0 Å². The number of hydrogen-bond acceptors (Lipinski definition) is 4. The Hall–Kier alpha value is -6.14. The van der Waals surface area contributed by atoms with Crippen LogP contribution in [0.5, 0.6) is 0 Å². The van der Waals surface area contributed by atoms with Gasteiger partial charge < -0.3 is 9.67 Å². The zero-order valence-electron chi connectivity index (χ0n) is 27.5. The maximum absolute atomic E-state index is 13.4. The molecule has 8 aromatic rings. The van der Waals surface area contributed by atoms with Gasteiger partial charge >= 0.3 is 5.97 Å². The van der Waals surface area contributed by atoms with Gasteiger partial charge in [-0.15, -0.1) is 0 Å². The van der Waals surface area contributed by atoms with Crippen LogP contribution < -0.4 is 0 Å². The molecule has 5 aromatic carbocycles. The van der Waals surface area contributed by atoms with Gasteiger partial charge in [0, 0.05) is 39.7 Å². The molecule has 242 valence electrons. The van der Waals surface area contributed by atoms with Crippen LogP contribution in [0.3, 0.4) is 0 Å². The van der Waals surface area contributed by atoms with Gasteiger partial charge in [-0.05, 0) is 59.9 Å². The summed E-state index contributed by atoms with van der Waals surface area (Å²) in [4.78, 5) is 28.5. The first kappa shape index (κ1) is 30.0. The molecule has 6 heteroatoms. The standard InChI is InChI=1S/C44H34N4O2/c49-44(50)41-35(28-11-4-1-5-12-28)27-39-42(40(41)32-20-18-30-15-10-24-45-37(30)25-32)47-43(48(39)34-16-8-3-9-17-34)33-21-19-31-22-23-36(46-38(31)26-33)29-13-6-2-7-14-29/h1-2,4-7,10-15,18-27,34H,3,8-9,16-17H2,(H,49,50). The molecule has 1 N–H and O–H groups in total. The number of carboxylic acids is 1. The molecule has 0 aliphatic heterocycles. The molecule has 1 aliphatic carbocycles. The molecule has 9 rings (SSSR count). The van der Waals surface area contributed by atoms with E-state index in [1.54, 1.807) is 6.20 Å². The number of imidazole rings is 1. The minimum atomic E-state index is -0.987. The van der Waals surface area contributed by atoms with E-state index < -0.39 is 5.97 Å². The zero-order chi connectivity index (χ0) is 33.6. The predicted octanol–water partition coefficient (Wildman–Crippen LogP) is 11.0. The number of carboxylic acid groups (broad SMARTS) is 1. The second-order valence-corrected chi connectivity index (χ2v) is 13.2. The highest BCUT2D eigenvalue weighted by Crippen LogP contribution is 2.44. The van der Waals surface area contributed by atoms with Crippen molar-refractivity contribution in [3.63, 3.8) is 0 Å². The number of aromatic carboxylic acids is 1. The van der Waals surface area contributed by atoms with Crippen molar-refractivity contribution in [1.82, 2.24) is 19.5 Å². The number of benzene rings is 5. The number of aromatic nitrogens is 4. The average molecular weight is 651 g/mol. The number of rotatable bonds is 6. The number of hydrogen-bond donors (Lipinski definition) is 1. The molecule has 0 radical (unpaired) electrons. The number of carbonyl (C=O) groups is 1. The van der Waals surface area contributed by atoms with Crippen LogP contribution in [0, 0.1) is 0 Å². The van der Waals surface area contributed by atoms with Gasteiger partial charge in [0.05, 0.1) is 33.3 Å². The lowest BCUT2D eigenvalue weighted by molar-refractivity contribution is 0.0698. The quantitative estimate of drug-likeness (QED) is 0.194. The van der Waals surface area contributed by atoms with Crippen LogP contribution in [0.2, 0.25) is 0 Å². The van der Waals surface area contributed by atoms with Gasteiger partial charge in [0.15, 0.2) is 0 Å². The minimum absolute atomic E-state index is 0.230. The summed E-state index contributed by atoms with van der Waals surface area (Å²) < 4.78 is 2.40. The maximum Gasteiger partial charge on any atom is 0.337 e. The summed E-state index contributed by atoms with van der Waals surface area (Å²) in [5, 5.41) is 13.0. The van der Waals surface area contributed by atoms with E-state index in [4.69, 9.17) is 9.97 Å². The van der Waals surface area contributed by atoms with Crippen molar-refractivity contribution in [2.75, 3.05) is 0 Å². The van der Waals surface area contributed by atoms with Crippen molar-refractivity contribution in [2.45, 2.75) is 38.1 Å². The number of nitrogens with zero attached hydrogens (tertiary/aromatic N) is 4. The van der Waals surface area contributed by atoms with Crippen LogP contribution in [0.4, 0.5) is 0 Å². The predicted molar refractivity (Wildman–Crippen MR) is 201 cm³/mol. The Morgan fingerprint density at radius 3 is 2.08 bits per heavy atom. The Bertz CT molecular complexity index is 2550. The third-order valence-corrected chi connectivity index (χ3v) is 10.1. The molecule has 0 bridgehead atoms. The summed E-state index contributed by atoms with van der Waals surface area (Å²) in [6.45, 7) is 0. The van der Waals surface area contributed by atoms with Crippen molar-refractivity contribution >= 4 is 38.8 Å². The fourth-order valence-electron chi connectivity index (χ4n) is 7.74. The van der Waals surface area contributed by atoms with Crippen LogP contribution in [-0.2, 0) is 0 Å². The summed E-state index contributed by atoms with van der Waals surface area (Å²) in [6.07, 6.45) is 7.36. The molecule has 0 saturated heterocycles. The van der Waals surface area contributed by atoms with E-state index >= 15 is 0 Å². The monoisotopic (exact) mass is 650 g/mol. The Labute approximate surface area is 289 Å². The van der Waals surface area contributed by atoms with Crippen LogP contribution in [0.25, 0.3) is 77.7 Å². The normalized spacial score (nSPS) is 13.7. The molecule has 0 unspecified atom stereocenters. The second-order valence-electron chi connectivity index (χ2n) is 13.2. The first-order valence-corrected chi connectivity index (χ1v) is 17.3. The van der Waals surface area contributed by atoms with E-state index in [2.05, 4.69) is 58.1 Å². The highest BCUT2D eigenvalue weighted by molar-refractivity contribution is 6.12. The van der Waals surface area contributed by atoms with Crippen LogP contribution in [0.1, 0.15) is 48.5 Å². The van der Waals surface area contributed by atoms with Crippen LogP contribution in [-0.4, -0.2) is 30.6 Å². The Balaban J connectivity index is 1.36. The zero-order valence-corrected chi connectivity index (χ0v) is 27.5. The summed E-state index contributed by atoms with van der Waals surface area (Å²) in [5.74, 6) is -0.151. The Kier molecular flexibility index (Phi) is 7.42. The van der Waals surface area contributed by atoms with Gasteiger partial charge in [-0.1, -0.05) is 116 Å². The van der Waals surface area contributed by atoms with Crippen LogP contribution in [0.15, 0.2) is 134 Å². The van der Waals surface area contributed by atoms with Crippen LogP contribution >= 0.6 is 0 Å². The molecule has 0 atom stereocenters. The highest BCUT2D eigenvalue weighted by atomic mass is 16.4. The lowest BCUT2D eigenvalue weighted by atomic mass is 9.89. The molecule has 1 fully saturated rings. The summed E-state index contributed by atoms with van der Waals surface area (Å²) in [6, 6.07) is 42.9. The Morgan fingerprint density at radius 1 is 0.640 bits per heavy atom. The molecule has 0 amide bonds. The van der Waals surface area contributed by atoms with E-state index in [9.17, 15) is 9.90 Å². The SMILES string of the molecule is O=C(O)c1c(-c2ccccc2)cc2c(nc(-c3ccc4ccc(-c5ccccc5)nc4c3)n2C2CCCCC2)c1-c1ccc2cccnc2c1. The lowest BCUT2D eigenvalue weighted by Gasteiger charge is -2.26. The van der Waals surface area contributed by atoms with E-state index in [0.29, 0.717) is 16.6 Å². The van der Waals surface area contributed by atoms with Gasteiger partial charge in [-0.3, -0.25) is 4.98 Å². The first-order valence-electron chi connectivity index (χ1n) is 17.3. The van der Waals surface area contributed by atoms with E-state index in [0.717, 1.165) is 86.8 Å². The van der Waals surface area contributed by atoms with Crippen molar-refractivity contribution in [1.29, 1.82) is 0 Å². The molecule has 0 spiro atoms. The molecule has 6 nitrogen and oxygen atoms in total. The summed E-state index contributed by atoms with van der Waals surface area (Å²) in [5.41, 5.74) is 9.44. The van der Waals surface area contributed by atoms with E-state index in [1.807, 2.05) is 78.9 Å². The van der Waals surface area contributed by atoms with Gasteiger partial charge in [0.1, 0.15) is 5.82 Å². The molecule has 50 heavy (non-hydrogen) atoms. The van der Waals surface area contributed by atoms with E-state index in [-0.39, 0.29) is 11.6 Å². The van der Waals surface area contributed by atoms with E-state index in [1.165, 1.54) is 6.42 Å². The lowest BCUT2D eigenvalue weighted by Crippen LogP contribution is -2.14. The van der Waals surface area contributed by atoms with Gasteiger partial charge in [-0.25, -0.2) is 14.8 Å². The smallest absolute Gasteiger partial charge is 0.337 e. The average Bonchev–Trinajstić information content (AvgIpc) is 3.57. The largest absolute Gasteiger partial charge is 0.478 e. The maximum atomic E-state index is 13.4.